The van der Waals surface area contributed by atoms with Gasteiger partial charge in [0.1, 0.15) is 24.9 Å². The molecule has 5 fully saturated rings. The van der Waals surface area contributed by atoms with Gasteiger partial charge in [-0.2, -0.15) is 0 Å². The molecule has 1 saturated heterocycles. The fourth-order valence-electron chi connectivity index (χ4n) is 10.3. The lowest BCUT2D eigenvalue weighted by atomic mass is 9.43. The van der Waals surface area contributed by atoms with E-state index in [-0.39, 0.29) is 80.7 Å². The van der Waals surface area contributed by atoms with Crippen LogP contribution in [-0.2, 0) is 65.2 Å². The van der Waals surface area contributed by atoms with Crippen molar-refractivity contribution < 1.29 is 86.0 Å². The maximum atomic E-state index is 13.3. The molecule has 5 rings (SSSR count). The molecule has 324 valence electrons. The van der Waals surface area contributed by atoms with Crippen LogP contribution in [0.2, 0.25) is 0 Å². The van der Waals surface area contributed by atoms with E-state index >= 15 is 0 Å². The van der Waals surface area contributed by atoms with Gasteiger partial charge in [0.15, 0.2) is 37.0 Å². The first-order chi connectivity index (χ1) is 27.2. The molecule has 57 heavy (non-hydrogen) atoms. The Labute approximate surface area is 338 Å². The lowest BCUT2D eigenvalue weighted by molar-refractivity contribution is -0.778. The zero-order valence-corrected chi connectivity index (χ0v) is 33.6. The number of carboxylic acids is 1. The molecule has 0 aromatic heterocycles. The first-order valence-corrected chi connectivity index (χ1v) is 20.3. The minimum atomic E-state index is -1.54. The van der Waals surface area contributed by atoms with Gasteiger partial charge in [-0.15, -0.1) is 8.67 Å². The van der Waals surface area contributed by atoms with E-state index in [1.807, 2.05) is 0 Å². The van der Waals surface area contributed by atoms with E-state index in [1.165, 1.54) is 0 Å². The second kappa shape index (κ2) is 20.4. The Bertz CT molecular complexity index is 1430. The molecule has 1 heterocycles. The molecule has 0 aromatic carbocycles. The van der Waals surface area contributed by atoms with Crippen LogP contribution in [0.15, 0.2) is 12.2 Å². The molecule has 5 aliphatic rings. The first kappa shape index (κ1) is 45.9. The van der Waals surface area contributed by atoms with Crippen molar-refractivity contribution in [2.45, 2.75) is 128 Å². The Balaban J connectivity index is 1.47. The molecule has 22 heteroatoms. The quantitative estimate of drug-likeness (QED) is 0.0194. The average molecular weight is 853 g/mol. The Morgan fingerprint density at radius 3 is 2.37 bits per heavy atom. The Morgan fingerprint density at radius 2 is 1.72 bits per heavy atom. The standard InChI is InChI=1S/C35H54N2O18S2/c1-17(2)11-27(40)49-30-29(51-57-55-53-45)28(50-56-54-52-44)23(15-46-26(39)8-7-25(38)37-16-36)48-33(30)47-20-12-21(32(42)43)22-9-10-35-13-19(18(3)31(35)41)5-6-24(35)34(22,4)14-20/h17,19-24,28-31,33,41,44-45H,3,5-16,36H2,1-2,4H3,(H,37,38)(H,42,43)/p-2/t19?,20?,21?,22?,23-,24?,28-,29?,30?,31+,33?,34?,35?/m1/s1. The van der Waals surface area contributed by atoms with Crippen LogP contribution < -0.4 is 21.6 Å². The van der Waals surface area contributed by atoms with Crippen LogP contribution in [0.5, 0.6) is 0 Å². The summed E-state index contributed by atoms with van der Waals surface area (Å²) in [7, 11) is 0. The summed E-state index contributed by atoms with van der Waals surface area (Å²) in [5.41, 5.74) is 5.11. The molecule has 4 saturated carbocycles. The number of esters is 2. The predicted octanol–water partition coefficient (Wildman–Crippen LogP) is 0.998. The van der Waals surface area contributed by atoms with Gasteiger partial charge in [0, 0.05) is 18.3 Å². The number of nitrogens with two attached hydrogens (primary N) is 1. The van der Waals surface area contributed by atoms with Crippen molar-refractivity contribution in [3.05, 3.63) is 12.2 Å². The zero-order chi connectivity index (χ0) is 41.5. The maximum absolute atomic E-state index is 13.3. The Kier molecular flexibility index (Phi) is 16.4. The highest BCUT2D eigenvalue weighted by molar-refractivity contribution is 7.90. The summed E-state index contributed by atoms with van der Waals surface area (Å²) in [5.74, 6) is -4.04. The molecule has 0 aromatic rings. The van der Waals surface area contributed by atoms with Crippen molar-refractivity contribution in [2.24, 2.45) is 46.2 Å². The molecule has 20 nitrogen and oxygen atoms in total. The van der Waals surface area contributed by atoms with Gasteiger partial charge < -0.3 is 50.7 Å². The molecule has 1 amide bonds. The Hall–Kier alpha value is -2.16. The van der Waals surface area contributed by atoms with Gasteiger partial charge in [-0.3, -0.25) is 37.6 Å². The molecule has 1 aliphatic heterocycles. The monoisotopic (exact) mass is 852 g/mol. The van der Waals surface area contributed by atoms with E-state index in [9.17, 15) is 39.9 Å². The van der Waals surface area contributed by atoms with E-state index in [4.69, 9.17) is 33.0 Å². The van der Waals surface area contributed by atoms with Crippen LogP contribution in [0.4, 0.5) is 0 Å². The van der Waals surface area contributed by atoms with Crippen LogP contribution in [0.3, 0.4) is 0 Å². The Morgan fingerprint density at radius 1 is 1.02 bits per heavy atom. The molecule has 1 spiro atoms. The molecule has 4 aliphatic carbocycles. The second-order valence-electron chi connectivity index (χ2n) is 16.1. The third-order valence-electron chi connectivity index (χ3n) is 12.5. The van der Waals surface area contributed by atoms with Crippen LogP contribution in [0.1, 0.15) is 85.0 Å². The number of amides is 1. The predicted molar refractivity (Wildman–Crippen MR) is 189 cm³/mol. The molecule has 13 atom stereocenters. The lowest BCUT2D eigenvalue weighted by Crippen LogP contribution is -2.63. The number of fused-ring (bicyclic) bond motifs is 3. The summed E-state index contributed by atoms with van der Waals surface area (Å²) in [6.45, 7) is 9.17. The van der Waals surface area contributed by atoms with Crippen molar-refractivity contribution in [3.8, 4) is 0 Å². The highest BCUT2D eigenvalue weighted by atomic mass is 32.2. The number of nitrogens with one attached hydrogen (secondary N) is 1. The van der Waals surface area contributed by atoms with Gasteiger partial charge in [0.25, 0.3) is 0 Å². The van der Waals surface area contributed by atoms with Crippen LogP contribution >= 0.6 is 24.6 Å². The fourth-order valence-corrected chi connectivity index (χ4v) is 11.1. The van der Waals surface area contributed by atoms with E-state index in [0.717, 1.165) is 24.8 Å². The summed E-state index contributed by atoms with van der Waals surface area (Å²) in [6.07, 6.45) is -5.38. The number of carbonyl (C=O) groups is 4. The second-order valence-corrected chi connectivity index (χ2v) is 17.1. The van der Waals surface area contributed by atoms with Crippen molar-refractivity contribution in [2.75, 3.05) is 13.3 Å². The number of carboxylic acid groups (broad SMARTS) is 1. The fraction of sp³-hybridized carbons (Fsp3) is 0.829. The largest absolute Gasteiger partial charge is 0.691 e. The maximum Gasteiger partial charge on any atom is 0.306 e. The van der Waals surface area contributed by atoms with Crippen molar-refractivity contribution in [1.29, 1.82) is 0 Å². The number of aliphatic carboxylic acids is 1. The van der Waals surface area contributed by atoms with E-state index in [1.54, 1.807) is 13.8 Å². The van der Waals surface area contributed by atoms with Gasteiger partial charge >= 0.3 is 17.9 Å². The number of carbonyl (C=O) groups excluding carboxylic acids is 3. The number of ether oxygens (including phenoxy) is 4. The normalized spacial score (nSPS) is 37.3. The first-order valence-electron chi connectivity index (χ1n) is 19.0. The van der Waals surface area contributed by atoms with Crippen molar-refractivity contribution in [3.63, 3.8) is 0 Å². The third kappa shape index (κ3) is 10.4. The number of aliphatic hydroxyl groups excluding tert-OH is 1. The smallest absolute Gasteiger partial charge is 0.306 e. The summed E-state index contributed by atoms with van der Waals surface area (Å²) in [4.78, 5) is 50.9. The van der Waals surface area contributed by atoms with Gasteiger partial charge in [-0.25, -0.2) is 0 Å². The topological polar surface area (TPSA) is 285 Å². The van der Waals surface area contributed by atoms with Crippen LogP contribution in [0.25, 0.3) is 0 Å². The molecular formula is C35H52N2O18S2-2. The molecule has 0 radical (unpaired) electrons. The van der Waals surface area contributed by atoms with Gasteiger partial charge in [0.05, 0.1) is 31.2 Å². The number of aliphatic hydroxyl groups is 1. The van der Waals surface area contributed by atoms with Crippen molar-refractivity contribution in [1.82, 2.24) is 5.32 Å². The molecule has 10 unspecified atom stereocenters. The average Bonchev–Trinajstić information content (AvgIpc) is 3.33. The summed E-state index contributed by atoms with van der Waals surface area (Å²) < 4.78 is 44.3. The van der Waals surface area contributed by atoms with E-state index in [0.29, 0.717) is 19.3 Å². The third-order valence-corrected chi connectivity index (χ3v) is 13.4. The van der Waals surface area contributed by atoms with Gasteiger partial charge in [0.2, 0.25) is 5.91 Å². The van der Waals surface area contributed by atoms with Crippen molar-refractivity contribution >= 4 is 48.5 Å². The van der Waals surface area contributed by atoms with Gasteiger partial charge in [-0.1, -0.05) is 27.4 Å². The minimum absolute atomic E-state index is 0.0386. The van der Waals surface area contributed by atoms with E-state index < -0.39 is 90.1 Å². The van der Waals surface area contributed by atoms with Crippen LogP contribution in [-0.4, -0.2) is 90.2 Å². The van der Waals surface area contributed by atoms with E-state index in [2.05, 4.69) is 37.6 Å². The highest BCUT2D eigenvalue weighted by Gasteiger charge is 2.67. The van der Waals surface area contributed by atoms with Gasteiger partial charge in [-0.05, 0) is 79.6 Å². The molecule has 2 bridgehead atoms. The number of rotatable bonds is 20. The summed E-state index contributed by atoms with van der Waals surface area (Å²) >= 11 is 0.0880. The summed E-state index contributed by atoms with van der Waals surface area (Å²) in [6, 6.07) is 0. The molecular weight excluding hydrogens is 801 g/mol. The van der Waals surface area contributed by atoms with Crippen LogP contribution in [0, 0.1) is 40.4 Å². The number of hydrogen-bond acceptors (Lipinski definition) is 20. The molecule has 5 N–H and O–H groups in total. The highest BCUT2D eigenvalue weighted by Crippen LogP contribution is 2.70. The lowest BCUT2D eigenvalue weighted by Gasteiger charge is -2.62. The summed E-state index contributed by atoms with van der Waals surface area (Å²) in [5, 5.41) is 52.8. The zero-order valence-electron chi connectivity index (χ0n) is 31.9. The SMILES string of the molecule is C=C1C2CCC3C4(C)CC(OC5O[C@H](COC(=O)CCC(=O)NCN)[C@@H](OSOO[O-])C(OSOO[O-])C5OC(=O)CC(C)C)CC(C(=O)O)C4CCC3(C2)[C@H]1O. The minimum Gasteiger partial charge on any atom is -0.691 e. The number of hydrogen-bond donors (Lipinski definition) is 4.